The minimum Gasteiger partial charge on any atom is -0.338 e. The van der Waals surface area contributed by atoms with Crippen molar-refractivity contribution in [2.45, 2.75) is 53.4 Å². The van der Waals surface area contributed by atoms with Gasteiger partial charge in [-0.05, 0) is 194 Å². The standard InChI is InChI=1S/2C39H31Br2NP2.4C2H3N.2ClHO4.2Cu/c2*1-42-38-28(24-30(40)26-36(38)43(32-14-6-2-7-15-32)33-16-8-3-9-17-33)22-23-29-25-31(41)27-37(39(29)42)44(34-18-10-4-11-19-34)35-20-12-5-13-21-35;4*1-2-3;2*2-1(3,4)5;;/h2*2-21,24-27H,22-23H2,1H3;4*1H3;2*(H,2,3,4,5);;/q;;;;;;;;2*+1/p+2. The van der Waals surface area contributed by atoms with E-state index in [-0.39, 0.29) is 34.1 Å². The fraction of sp³-hybridized carbons (Fsp3) is 0.116. The number of rotatable bonds is 12. The van der Waals surface area contributed by atoms with Gasteiger partial charge in [-0.15, -0.1) is 20.5 Å². The van der Waals surface area contributed by atoms with Crippen molar-refractivity contribution in [3.8, 4) is 24.3 Å². The van der Waals surface area contributed by atoms with E-state index in [1.54, 1.807) is 24.3 Å². The van der Waals surface area contributed by atoms with Crippen molar-refractivity contribution in [2.75, 3.05) is 23.9 Å². The molecule has 112 heavy (non-hydrogen) atoms. The number of benzene rings is 12. The Bertz CT molecular complexity index is 4300. The first-order valence-electron chi connectivity index (χ1n) is 34.0. The quantitative estimate of drug-likeness (QED) is 0.0817. The van der Waals surface area contributed by atoms with Crippen LogP contribution in [0.15, 0.2) is 309 Å². The number of halogens is 6. The molecule has 26 heteroatoms. The number of nitrogens with zero attached hydrogens (tertiary/aromatic N) is 6. The molecule has 14 rings (SSSR count). The zero-order chi connectivity index (χ0) is 79.9. The molecule has 2 aliphatic heterocycles. The maximum atomic E-state index is 8.49. The minimum atomic E-state index is -4.94. The van der Waals surface area contributed by atoms with Crippen molar-refractivity contribution >= 4 is 182 Å². The number of hydrogen-bond donors (Lipinski definition) is 0. The Hall–Kier alpha value is -6.86. The summed E-state index contributed by atoms with van der Waals surface area (Å²) in [5.74, 6) is 0. The first kappa shape index (κ1) is 95.7. The van der Waals surface area contributed by atoms with Crippen molar-refractivity contribution in [1.82, 2.24) is 0 Å². The van der Waals surface area contributed by atoms with Gasteiger partial charge in [0.2, 0.25) is 0 Å². The molecule has 0 unspecified atom stereocenters. The molecule has 12 aromatic carbocycles. The molecule has 0 spiro atoms. The van der Waals surface area contributed by atoms with Crippen LogP contribution in [0.25, 0.3) is 0 Å². The smallest absolute Gasteiger partial charge is 0.338 e. The van der Waals surface area contributed by atoms with Gasteiger partial charge in [0.25, 0.3) is 0 Å². The van der Waals surface area contributed by atoms with Gasteiger partial charge in [-0.25, -0.2) is 37.3 Å². The van der Waals surface area contributed by atoms with Crippen molar-refractivity contribution < 1.29 is 91.9 Å². The maximum Gasteiger partial charge on any atom is 1.00 e. The van der Waals surface area contributed by atoms with E-state index in [1.165, 1.54) is 136 Å². The molecule has 2 aliphatic rings. The van der Waals surface area contributed by atoms with Gasteiger partial charge in [-0.2, -0.15) is 21.0 Å². The predicted octanol–water partition coefficient (Wildman–Crippen LogP) is 8.72. The molecule has 0 aromatic heterocycles. The van der Waals surface area contributed by atoms with Gasteiger partial charge in [0.1, 0.15) is 95.3 Å². The van der Waals surface area contributed by atoms with E-state index in [0.29, 0.717) is 0 Å². The van der Waals surface area contributed by atoms with E-state index in [4.69, 9.17) is 58.3 Å². The molecule has 12 aromatic rings. The molecule has 0 saturated heterocycles. The van der Waals surface area contributed by atoms with E-state index in [2.05, 4.69) is 379 Å². The predicted molar refractivity (Wildman–Crippen MR) is 453 cm³/mol. The number of nitriles is 4. The summed E-state index contributed by atoms with van der Waals surface area (Å²) in [5, 5.41) is 46.2. The average Bonchev–Trinajstić information content (AvgIpc) is 1.45. The Balaban J connectivity index is 0.000000313. The fourth-order valence-corrected chi connectivity index (χ4v) is 27.6. The fourth-order valence-electron chi connectivity index (χ4n) is 13.2. The van der Waals surface area contributed by atoms with Gasteiger partial charge >= 0.3 is 34.1 Å². The molecule has 0 bridgehead atoms. The van der Waals surface area contributed by atoms with Crippen molar-refractivity contribution in [3.63, 3.8) is 0 Å². The molecule has 0 fully saturated rings. The summed E-state index contributed by atoms with van der Waals surface area (Å²) in [7, 11) is -10.5. The molecule has 0 atom stereocenters. The number of aryl methyl sites for hydroxylation is 4. The van der Waals surface area contributed by atoms with E-state index >= 15 is 0 Å². The minimum absolute atomic E-state index is 0. The Morgan fingerprint density at radius 1 is 0.268 bits per heavy atom. The number of anilines is 4. The van der Waals surface area contributed by atoms with E-state index in [1.807, 2.05) is 0 Å². The van der Waals surface area contributed by atoms with E-state index in [9.17, 15) is 0 Å². The summed E-state index contributed by atoms with van der Waals surface area (Å²) in [6, 6.07) is 115. The van der Waals surface area contributed by atoms with Crippen LogP contribution in [0.4, 0.5) is 22.7 Å². The summed E-state index contributed by atoms with van der Waals surface area (Å²) in [5.41, 5.74) is 11.0. The van der Waals surface area contributed by atoms with Crippen LogP contribution in [0.5, 0.6) is 0 Å². The van der Waals surface area contributed by atoms with Crippen LogP contribution < -0.4 is 111 Å². The second-order valence-corrected chi connectivity index (χ2v) is 39.0. The van der Waals surface area contributed by atoms with Crippen molar-refractivity contribution in [1.29, 1.82) is 21.0 Å². The largest absolute Gasteiger partial charge is 1.00 e. The van der Waals surface area contributed by atoms with Gasteiger partial charge in [-0.3, -0.25) is 0 Å². The third kappa shape index (κ3) is 28.3. The van der Waals surface area contributed by atoms with Gasteiger partial charge in [0, 0.05) is 59.7 Å². The zero-order valence-electron chi connectivity index (χ0n) is 61.4. The van der Waals surface area contributed by atoms with Crippen LogP contribution in [0, 0.1) is 65.8 Å². The first-order chi connectivity index (χ1) is 52.8. The summed E-state index contributed by atoms with van der Waals surface area (Å²) in [6.07, 6.45) is 3.97. The summed E-state index contributed by atoms with van der Waals surface area (Å²) in [4.78, 5) is 5.10. The second kappa shape index (κ2) is 48.5. The molecule has 0 N–H and O–H groups in total. The third-order valence-electron chi connectivity index (χ3n) is 16.9. The third-order valence-corrected chi connectivity index (χ3v) is 29.7. The van der Waals surface area contributed by atoms with Crippen LogP contribution in [0.3, 0.4) is 0 Å². The Kier molecular flexibility index (Phi) is 41.4. The van der Waals surface area contributed by atoms with Crippen LogP contribution in [0.2, 0.25) is 0 Å². The average molecular weight is 1970 g/mol. The monoisotopic (exact) mass is 1960 g/mol. The van der Waals surface area contributed by atoms with Gasteiger partial charge in [0.05, 0.1) is 47.0 Å². The Morgan fingerprint density at radius 2 is 0.384 bits per heavy atom. The Morgan fingerprint density at radius 3 is 0.500 bits per heavy atom. The van der Waals surface area contributed by atoms with Crippen LogP contribution >= 0.6 is 95.4 Å². The number of fused-ring (bicyclic) bond motifs is 4. The van der Waals surface area contributed by atoms with Gasteiger partial charge in [0.15, 0.2) is 0 Å². The van der Waals surface area contributed by atoms with Crippen LogP contribution in [-0.4, -0.2) is 14.1 Å². The normalized spacial score (nSPS) is 11.3. The summed E-state index contributed by atoms with van der Waals surface area (Å²) >= 11 is 15.8. The number of hydrogen-bond acceptors (Lipinski definition) is 14. The van der Waals surface area contributed by atoms with Crippen molar-refractivity contribution in [2.24, 2.45) is 0 Å². The molecule has 0 saturated carbocycles. The molecular formula is C86H78Br4Cl2Cu2N6O8P4+4. The summed E-state index contributed by atoms with van der Waals surface area (Å²) < 4.78 is 72.6. The molecule has 0 radical (unpaired) electrons. The molecular weight excluding hydrogens is 1890 g/mol. The van der Waals surface area contributed by atoms with Crippen LogP contribution in [-0.2, 0) is 59.8 Å². The second-order valence-electron chi connectivity index (χ2n) is 24.0. The maximum absolute atomic E-state index is 8.49. The molecule has 0 aliphatic carbocycles. The van der Waals surface area contributed by atoms with Crippen molar-refractivity contribution in [3.05, 3.63) is 331 Å². The molecule has 0 amide bonds. The zero-order valence-corrected chi connectivity index (χ0v) is 75.1. The van der Waals surface area contributed by atoms with Crippen LogP contribution in [0.1, 0.15) is 49.9 Å². The topological polar surface area (TPSA) is 286 Å². The SMILES string of the molecule is CC#N.CC#N.CC#N.CC#N.CN1c2c(cc(Br)cc2[PH+](c2ccccc2)c2ccccc2)CCc2cc(Br)cc([PH+](c3ccccc3)c3ccccc3)c21.CN1c2c(cc(Br)cc2[PH+](c2ccccc2)c2ccccc2)CCc2cc(Br)cc([PH+](c3ccccc3)c3ccccc3)c21.[Cu+].[Cu+].[O-][Cl+3]([O-])([O-])[O-].[O-][Cl+3]([O-])([O-])[O-]. The van der Waals surface area contributed by atoms with Gasteiger partial charge < -0.3 is 9.80 Å². The molecule has 14 nitrogen and oxygen atoms in total. The molecule has 580 valence electrons. The van der Waals surface area contributed by atoms with Gasteiger partial charge in [-0.1, -0.05) is 209 Å². The summed E-state index contributed by atoms with van der Waals surface area (Å²) in [6.45, 7) is 5.72. The van der Waals surface area contributed by atoms with E-state index < -0.39 is 52.2 Å². The Labute approximate surface area is 720 Å². The molecule has 2 heterocycles. The van der Waals surface area contributed by atoms with E-state index in [0.717, 1.165) is 43.6 Å². The first-order valence-corrected chi connectivity index (χ1v) is 45.6.